The van der Waals surface area contributed by atoms with E-state index in [-0.39, 0.29) is 17.2 Å². The van der Waals surface area contributed by atoms with Crippen LogP contribution in [-0.4, -0.2) is 55.0 Å². The molecule has 1 amide bonds. The van der Waals surface area contributed by atoms with Gasteiger partial charge in [0, 0.05) is 31.5 Å². The molecule has 2 saturated heterocycles. The van der Waals surface area contributed by atoms with Gasteiger partial charge in [0.2, 0.25) is 5.91 Å². The van der Waals surface area contributed by atoms with Crippen LogP contribution in [0.2, 0.25) is 0 Å². The highest BCUT2D eigenvalue weighted by atomic mass is 16.7. The van der Waals surface area contributed by atoms with Crippen molar-refractivity contribution in [2.75, 3.05) is 32.8 Å². The summed E-state index contributed by atoms with van der Waals surface area (Å²) in [5.41, 5.74) is -0.161. The molecule has 1 N–H and O–H groups in total. The number of nitrogens with zero attached hydrogens (tertiary/aromatic N) is 1. The standard InChI is InChI=1S/C13H24N2O3/c1-12(2,3)14-11(16)10-15-6-4-13(5-7-15)17-8-9-18-13/h4-10H2,1-3H3,(H,14,16). The van der Waals surface area contributed by atoms with Gasteiger partial charge < -0.3 is 14.8 Å². The molecule has 0 aromatic carbocycles. The lowest BCUT2D eigenvalue weighted by Gasteiger charge is -2.37. The Kier molecular flexibility index (Phi) is 3.94. The first kappa shape index (κ1) is 13.8. The molecule has 2 aliphatic rings. The third kappa shape index (κ3) is 3.67. The lowest BCUT2D eigenvalue weighted by atomic mass is 10.0. The van der Waals surface area contributed by atoms with Crippen LogP contribution < -0.4 is 5.32 Å². The monoisotopic (exact) mass is 256 g/mol. The van der Waals surface area contributed by atoms with Crippen molar-refractivity contribution in [3.63, 3.8) is 0 Å². The van der Waals surface area contributed by atoms with E-state index in [4.69, 9.17) is 9.47 Å². The predicted molar refractivity (Wildman–Crippen MR) is 68.2 cm³/mol. The number of hydrogen-bond donors (Lipinski definition) is 1. The van der Waals surface area contributed by atoms with Crippen molar-refractivity contribution in [1.29, 1.82) is 0 Å². The van der Waals surface area contributed by atoms with Crippen molar-refractivity contribution < 1.29 is 14.3 Å². The first-order chi connectivity index (χ1) is 8.39. The summed E-state index contributed by atoms with van der Waals surface area (Å²) in [6.45, 7) is 9.57. The Morgan fingerprint density at radius 3 is 2.28 bits per heavy atom. The average Bonchev–Trinajstić information content (AvgIpc) is 2.68. The number of likely N-dealkylation sites (tertiary alicyclic amines) is 1. The number of ether oxygens (including phenoxy) is 2. The first-order valence-corrected chi connectivity index (χ1v) is 6.70. The summed E-state index contributed by atoms with van der Waals surface area (Å²) in [6, 6.07) is 0. The van der Waals surface area contributed by atoms with E-state index in [0.717, 1.165) is 25.9 Å². The van der Waals surface area contributed by atoms with E-state index in [0.29, 0.717) is 19.8 Å². The molecular weight excluding hydrogens is 232 g/mol. The normalized spacial score (nSPS) is 24.4. The van der Waals surface area contributed by atoms with Gasteiger partial charge in [-0.15, -0.1) is 0 Å². The van der Waals surface area contributed by atoms with Gasteiger partial charge in [-0.05, 0) is 20.8 Å². The van der Waals surface area contributed by atoms with Crippen LogP contribution in [0.5, 0.6) is 0 Å². The molecule has 0 saturated carbocycles. The Labute approximate surface area is 109 Å². The fraction of sp³-hybridized carbons (Fsp3) is 0.923. The Bertz CT molecular complexity index is 296. The molecule has 1 spiro atoms. The topological polar surface area (TPSA) is 50.8 Å². The molecule has 0 unspecified atom stereocenters. The number of amides is 1. The van der Waals surface area contributed by atoms with E-state index in [2.05, 4.69) is 10.2 Å². The molecule has 5 nitrogen and oxygen atoms in total. The number of rotatable bonds is 2. The summed E-state index contributed by atoms with van der Waals surface area (Å²) in [7, 11) is 0. The second-order valence-electron chi connectivity index (χ2n) is 6.18. The molecule has 5 heteroatoms. The highest BCUT2D eigenvalue weighted by Crippen LogP contribution is 2.30. The Morgan fingerprint density at radius 2 is 1.78 bits per heavy atom. The molecule has 0 aliphatic carbocycles. The maximum absolute atomic E-state index is 11.8. The van der Waals surface area contributed by atoms with E-state index in [1.165, 1.54) is 0 Å². The fourth-order valence-corrected chi connectivity index (χ4v) is 2.50. The Morgan fingerprint density at radius 1 is 1.22 bits per heavy atom. The van der Waals surface area contributed by atoms with E-state index in [1.54, 1.807) is 0 Å². The SMILES string of the molecule is CC(C)(C)NC(=O)CN1CCC2(CC1)OCCO2. The maximum Gasteiger partial charge on any atom is 0.234 e. The van der Waals surface area contributed by atoms with Crippen LogP contribution in [0.3, 0.4) is 0 Å². The van der Waals surface area contributed by atoms with Crippen LogP contribution in [0, 0.1) is 0 Å². The van der Waals surface area contributed by atoms with Gasteiger partial charge in [0.15, 0.2) is 5.79 Å². The zero-order chi connectivity index (χ0) is 13.2. The highest BCUT2D eigenvalue weighted by Gasteiger charge is 2.39. The zero-order valence-corrected chi connectivity index (χ0v) is 11.6. The van der Waals surface area contributed by atoms with Crippen LogP contribution >= 0.6 is 0 Å². The third-order valence-electron chi connectivity index (χ3n) is 3.31. The van der Waals surface area contributed by atoms with Crippen LogP contribution in [0.1, 0.15) is 33.6 Å². The zero-order valence-electron chi connectivity index (χ0n) is 11.6. The van der Waals surface area contributed by atoms with Crippen molar-refractivity contribution in [1.82, 2.24) is 10.2 Å². The van der Waals surface area contributed by atoms with Crippen LogP contribution in [-0.2, 0) is 14.3 Å². The van der Waals surface area contributed by atoms with Crippen LogP contribution in [0.25, 0.3) is 0 Å². The largest absolute Gasteiger partial charge is 0.350 e. The number of nitrogens with one attached hydrogen (secondary N) is 1. The Balaban J connectivity index is 1.75. The minimum absolute atomic E-state index is 0.0895. The molecule has 0 bridgehead atoms. The number of piperidine rings is 1. The molecule has 0 aromatic rings. The molecule has 18 heavy (non-hydrogen) atoms. The minimum atomic E-state index is -0.350. The molecule has 0 radical (unpaired) electrons. The summed E-state index contributed by atoms with van der Waals surface area (Å²) >= 11 is 0. The molecule has 2 heterocycles. The Hall–Kier alpha value is -0.650. The van der Waals surface area contributed by atoms with E-state index in [9.17, 15) is 4.79 Å². The van der Waals surface area contributed by atoms with Crippen LogP contribution in [0.15, 0.2) is 0 Å². The van der Waals surface area contributed by atoms with Crippen molar-refractivity contribution in [3.8, 4) is 0 Å². The molecule has 0 aromatic heterocycles. The average molecular weight is 256 g/mol. The predicted octanol–water partition coefficient (Wildman–Crippen LogP) is 0.740. The van der Waals surface area contributed by atoms with Crippen LogP contribution in [0.4, 0.5) is 0 Å². The number of carbonyl (C=O) groups excluding carboxylic acids is 1. The van der Waals surface area contributed by atoms with Crippen molar-refractivity contribution in [3.05, 3.63) is 0 Å². The fourth-order valence-electron chi connectivity index (χ4n) is 2.50. The summed E-state index contributed by atoms with van der Waals surface area (Å²) in [4.78, 5) is 14.0. The maximum atomic E-state index is 11.8. The lowest BCUT2D eigenvalue weighted by molar-refractivity contribution is -0.185. The van der Waals surface area contributed by atoms with Gasteiger partial charge in [0.05, 0.1) is 19.8 Å². The van der Waals surface area contributed by atoms with Gasteiger partial charge in [0.25, 0.3) is 0 Å². The van der Waals surface area contributed by atoms with Gasteiger partial charge in [0.1, 0.15) is 0 Å². The van der Waals surface area contributed by atoms with E-state index < -0.39 is 0 Å². The number of hydrogen-bond acceptors (Lipinski definition) is 4. The smallest absolute Gasteiger partial charge is 0.234 e. The highest BCUT2D eigenvalue weighted by molar-refractivity contribution is 5.78. The molecular formula is C13H24N2O3. The molecule has 2 fully saturated rings. The second kappa shape index (κ2) is 5.15. The lowest BCUT2D eigenvalue weighted by Crippen LogP contribution is -2.50. The van der Waals surface area contributed by atoms with Gasteiger partial charge >= 0.3 is 0 Å². The summed E-state index contributed by atoms with van der Waals surface area (Å²) < 4.78 is 11.3. The molecule has 2 aliphatic heterocycles. The van der Waals surface area contributed by atoms with Gasteiger partial charge in [-0.25, -0.2) is 0 Å². The molecule has 104 valence electrons. The van der Waals surface area contributed by atoms with Crippen molar-refractivity contribution in [2.24, 2.45) is 0 Å². The van der Waals surface area contributed by atoms with Gasteiger partial charge in [-0.2, -0.15) is 0 Å². The van der Waals surface area contributed by atoms with E-state index in [1.807, 2.05) is 20.8 Å². The quantitative estimate of drug-likeness (QED) is 0.792. The summed E-state index contributed by atoms with van der Waals surface area (Å²) in [5.74, 6) is -0.261. The summed E-state index contributed by atoms with van der Waals surface area (Å²) in [6.07, 6.45) is 1.71. The third-order valence-corrected chi connectivity index (χ3v) is 3.31. The van der Waals surface area contributed by atoms with Crippen molar-refractivity contribution in [2.45, 2.75) is 44.9 Å². The van der Waals surface area contributed by atoms with Gasteiger partial charge in [-0.1, -0.05) is 0 Å². The molecule has 2 rings (SSSR count). The molecule has 0 atom stereocenters. The minimum Gasteiger partial charge on any atom is -0.350 e. The summed E-state index contributed by atoms with van der Waals surface area (Å²) in [5, 5.41) is 2.98. The van der Waals surface area contributed by atoms with E-state index >= 15 is 0 Å². The second-order valence-corrected chi connectivity index (χ2v) is 6.18. The first-order valence-electron chi connectivity index (χ1n) is 6.70. The van der Waals surface area contributed by atoms with Crippen molar-refractivity contribution >= 4 is 5.91 Å². The number of carbonyl (C=O) groups is 1. The van der Waals surface area contributed by atoms with Gasteiger partial charge in [-0.3, -0.25) is 9.69 Å².